The molecule has 36 valence electrons. The molecule has 0 nitrogen and oxygen atoms in total. The van der Waals surface area contributed by atoms with Crippen LogP contribution < -0.4 is 0 Å². The summed E-state index contributed by atoms with van der Waals surface area (Å²) < 4.78 is 22.1. The lowest BCUT2D eigenvalue weighted by Gasteiger charge is -1.81. The van der Waals surface area contributed by atoms with Crippen LogP contribution in [0.5, 0.6) is 0 Å². The second kappa shape index (κ2) is 3.23. The van der Waals surface area contributed by atoms with E-state index in [9.17, 15) is 8.39 Å². The molecule has 0 aliphatic carbocycles. The zero-order valence-corrected chi connectivity index (χ0v) is 4.09. The quantitative estimate of drug-likeness (QED) is 0.378. The van der Waals surface area contributed by atoms with Crippen LogP contribution in [0, 0.1) is 0 Å². The minimum Gasteiger partial charge on any atom is -0.188 e. The average Bonchev–Trinajstić information content (AvgIpc) is 1.35. The van der Waals surface area contributed by atoms with Gasteiger partial charge in [0.25, 0.3) is 8.54 Å². The maximum Gasteiger partial charge on any atom is 0.270 e. The van der Waals surface area contributed by atoms with Crippen LogP contribution in [-0.4, -0.2) is 6.16 Å². The van der Waals surface area contributed by atoms with Crippen LogP contribution in [0.25, 0.3) is 0 Å². The Labute approximate surface area is 36.9 Å². The van der Waals surface area contributed by atoms with Gasteiger partial charge in [0.15, 0.2) is 0 Å². The van der Waals surface area contributed by atoms with Gasteiger partial charge in [0.2, 0.25) is 0 Å². The fourth-order valence-electron chi connectivity index (χ4n) is 0.0976. The molecule has 0 rings (SSSR count). The molecular weight excluding hydrogens is 105 g/mol. The Morgan fingerprint density at radius 2 is 2.17 bits per heavy atom. The highest BCUT2D eigenvalue weighted by Crippen LogP contribution is 2.37. The van der Waals surface area contributed by atoms with Crippen molar-refractivity contribution in [3.05, 3.63) is 12.7 Å². The van der Waals surface area contributed by atoms with Crippen LogP contribution in [0.4, 0.5) is 8.39 Å². The Hall–Kier alpha value is 0.0300. The summed E-state index contributed by atoms with van der Waals surface area (Å²) in [5.74, 6) is 0. The van der Waals surface area contributed by atoms with Crippen molar-refractivity contribution in [1.29, 1.82) is 0 Å². The largest absolute Gasteiger partial charge is 0.270 e. The predicted octanol–water partition coefficient (Wildman–Crippen LogP) is 2.42. The Balaban J connectivity index is 2.81. The zero-order chi connectivity index (χ0) is 4.99. The first-order chi connectivity index (χ1) is 2.77. The zero-order valence-electron chi connectivity index (χ0n) is 3.19. The molecule has 0 spiro atoms. The SMILES string of the molecule is C=CCP(F)F. The van der Waals surface area contributed by atoms with Crippen molar-refractivity contribution in [2.75, 3.05) is 6.16 Å². The maximum atomic E-state index is 11.0. The molecule has 0 N–H and O–H groups in total. The molecule has 0 atom stereocenters. The van der Waals surface area contributed by atoms with Crippen LogP contribution in [0.1, 0.15) is 0 Å². The fraction of sp³-hybridized carbons (Fsp3) is 0.333. The molecule has 3 heteroatoms. The van der Waals surface area contributed by atoms with Crippen molar-refractivity contribution < 1.29 is 8.39 Å². The minimum atomic E-state index is -2.72. The summed E-state index contributed by atoms with van der Waals surface area (Å²) in [6, 6.07) is 0. The summed E-state index contributed by atoms with van der Waals surface area (Å²) in [5.41, 5.74) is 0. The summed E-state index contributed by atoms with van der Waals surface area (Å²) in [6.45, 7) is 3.14. The molecule has 0 aromatic heterocycles. The van der Waals surface area contributed by atoms with E-state index in [1.807, 2.05) is 0 Å². The monoisotopic (exact) mass is 110 g/mol. The van der Waals surface area contributed by atoms with Crippen LogP contribution in [0.2, 0.25) is 0 Å². The summed E-state index contributed by atoms with van der Waals surface area (Å²) in [7, 11) is -2.72. The van der Waals surface area contributed by atoms with E-state index in [0.717, 1.165) is 0 Å². The summed E-state index contributed by atoms with van der Waals surface area (Å²) in [6.07, 6.45) is 1.10. The van der Waals surface area contributed by atoms with Crippen LogP contribution >= 0.6 is 8.54 Å². The molecule has 0 aromatic carbocycles. The van der Waals surface area contributed by atoms with Gasteiger partial charge in [0.1, 0.15) is 0 Å². The van der Waals surface area contributed by atoms with Crippen molar-refractivity contribution in [3.63, 3.8) is 0 Å². The van der Waals surface area contributed by atoms with Crippen molar-refractivity contribution in [2.45, 2.75) is 0 Å². The highest BCUT2D eigenvalue weighted by molar-refractivity contribution is 7.46. The first-order valence-corrected chi connectivity index (χ1v) is 2.78. The van der Waals surface area contributed by atoms with Gasteiger partial charge in [-0.15, -0.1) is 6.58 Å². The Kier molecular flexibility index (Phi) is 3.24. The molecule has 0 aromatic rings. The van der Waals surface area contributed by atoms with Crippen LogP contribution in [0.3, 0.4) is 0 Å². The molecule has 0 radical (unpaired) electrons. The average molecular weight is 110 g/mol. The molecule has 0 aliphatic rings. The van der Waals surface area contributed by atoms with E-state index in [-0.39, 0.29) is 6.16 Å². The van der Waals surface area contributed by atoms with Crippen LogP contribution in [0.15, 0.2) is 12.7 Å². The number of hydrogen-bond donors (Lipinski definition) is 0. The minimum absolute atomic E-state index is 0.130. The molecule has 0 aliphatic heterocycles. The Morgan fingerprint density at radius 3 is 2.17 bits per heavy atom. The fourth-order valence-corrected chi connectivity index (χ4v) is 0.293. The van der Waals surface area contributed by atoms with Crippen molar-refractivity contribution in [1.82, 2.24) is 0 Å². The van der Waals surface area contributed by atoms with Gasteiger partial charge in [-0.05, 0) is 0 Å². The Bertz CT molecular complexity index is 44.1. The van der Waals surface area contributed by atoms with Crippen molar-refractivity contribution in [2.24, 2.45) is 0 Å². The lowest BCUT2D eigenvalue weighted by atomic mass is 10.8. The summed E-state index contributed by atoms with van der Waals surface area (Å²) >= 11 is 0. The first-order valence-electron chi connectivity index (χ1n) is 1.47. The number of halogens is 2. The Morgan fingerprint density at radius 1 is 1.67 bits per heavy atom. The topological polar surface area (TPSA) is 0 Å². The van der Waals surface area contributed by atoms with E-state index in [4.69, 9.17) is 0 Å². The van der Waals surface area contributed by atoms with E-state index < -0.39 is 8.54 Å². The highest BCUT2D eigenvalue weighted by Gasteiger charge is 1.95. The van der Waals surface area contributed by atoms with E-state index in [1.165, 1.54) is 6.08 Å². The number of allylic oxidation sites excluding steroid dienone is 1. The third-order valence-electron chi connectivity index (χ3n) is 0.267. The predicted molar refractivity (Wildman–Crippen MR) is 24.2 cm³/mol. The molecule has 0 fully saturated rings. The highest BCUT2D eigenvalue weighted by atomic mass is 31.2. The molecule has 0 saturated carbocycles. The number of hydrogen-bond acceptors (Lipinski definition) is 0. The van der Waals surface area contributed by atoms with Crippen LogP contribution in [-0.2, 0) is 0 Å². The van der Waals surface area contributed by atoms with E-state index in [1.54, 1.807) is 0 Å². The molecule has 0 heterocycles. The van der Waals surface area contributed by atoms with Crippen molar-refractivity contribution >= 4 is 8.54 Å². The first kappa shape index (κ1) is 6.03. The third kappa shape index (κ3) is 4.03. The second-order valence-corrected chi connectivity index (χ2v) is 1.75. The van der Waals surface area contributed by atoms with Crippen molar-refractivity contribution in [3.8, 4) is 0 Å². The summed E-state index contributed by atoms with van der Waals surface area (Å²) in [5, 5.41) is 0. The normalized spacial score (nSPS) is 9.17. The third-order valence-corrected chi connectivity index (χ3v) is 0.801. The van der Waals surface area contributed by atoms with Gasteiger partial charge in [-0.1, -0.05) is 6.08 Å². The number of rotatable bonds is 2. The van der Waals surface area contributed by atoms with Gasteiger partial charge in [0, 0.05) is 6.16 Å². The van der Waals surface area contributed by atoms with Gasteiger partial charge in [0.05, 0.1) is 0 Å². The van der Waals surface area contributed by atoms with E-state index >= 15 is 0 Å². The van der Waals surface area contributed by atoms with E-state index in [2.05, 4.69) is 6.58 Å². The molecule has 0 bridgehead atoms. The molecule has 6 heavy (non-hydrogen) atoms. The van der Waals surface area contributed by atoms with Gasteiger partial charge in [-0.3, -0.25) is 0 Å². The van der Waals surface area contributed by atoms with Gasteiger partial charge in [-0.2, -0.15) is 8.39 Å². The maximum absolute atomic E-state index is 11.0. The van der Waals surface area contributed by atoms with E-state index in [0.29, 0.717) is 0 Å². The molecule has 0 saturated heterocycles. The standard InChI is InChI=1S/C3H5F2P/c1-2-3-6(4)5/h2H,1,3H2. The van der Waals surface area contributed by atoms with Gasteiger partial charge < -0.3 is 0 Å². The summed E-state index contributed by atoms with van der Waals surface area (Å²) in [4.78, 5) is 0. The van der Waals surface area contributed by atoms with Gasteiger partial charge >= 0.3 is 0 Å². The van der Waals surface area contributed by atoms with Gasteiger partial charge in [-0.25, -0.2) is 0 Å². The smallest absolute Gasteiger partial charge is 0.188 e. The molecule has 0 unspecified atom stereocenters. The lowest BCUT2D eigenvalue weighted by molar-refractivity contribution is 0.749. The molecular formula is C3H5F2P. The second-order valence-electron chi connectivity index (χ2n) is 0.774. The lowest BCUT2D eigenvalue weighted by Crippen LogP contribution is -1.58. The molecule has 0 amide bonds.